The molecule has 0 spiro atoms. The van der Waals surface area contributed by atoms with Crippen molar-refractivity contribution in [3.8, 4) is 0 Å². The molecule has 2 heterocycles. The highest BCUT2D eigenvalue weighted by Gasteiger charge is 2.30. The van der Waals surface area contributed by atoms with E-state index >= 15 is 0 Å². The van der Waals surface area contributed by atoms with Crippen LogP contribution in [0.5, 0.6) is 0 Å². The molecule has 0 radical (unpaired) electrons. The number of nitrogens with one attached hydrogen (secondary N) is 1. The third-order valence-corrected chi connectivity index (χ3v) is 4.09. The summed E-state index contributed by atoms with van der Waals surface area (Å²) in [5.74, 6) is 1.23. The van der Waals surface area contributed by atoms with Crippen LogP contribution in [0.1, 0.15) is 18.4 Å². The summed E-state index contributed by atoms with van der Waals surface area (Å²) in [5, 5.41) is 3.31. The minimum atomic E-state index is -0.292. The summed E-state index contributed by atoms with van der Waals surface area (Å²) >= 11 is 0. The first-order valence-electron chi connectivity index (χ1n) is 7.90. The van der Waals surface area contributed by atoms with Gasteiger partial charge in [-0.05, 0) is 24.8 Å². The number of nitrogens with two attached hydrogens (primary N) is 1. The number of hydrogen-bond donors (Lipinski definition) is 2. The quantitative estimate of drug-likeness (QED) is 0.846. The molecule has 6 nitrogen and oxygen atoms in total. The van der Waals surface area contributed by atoms with Crippen LogP contribution in [0.15, 0.2) is 42.7 Å². The van der Waals surface area contributed by atoms with E-state index in [2.05, 4.69) is 27.4 Å². The first kappa shape index (κ1) is 15.3. The Labute approximate surface area is 135 Å². The second kappa shape index (κ2) is 7.09. The van der Waals surface area contributed by atoms with E-state index in [1.165, 1.54) is 11.9 Å². The minimum absolute atomic E-state index is 0.262. The zero-order chi connectivity index (χ0) is 16.1. The van der Waals surface area contributed by atoms with E-state index in [1.807, 2.05) is 29.2 Å². The molecule has 23 heavy (non-hydrogen) atoms. The van der Waals surface area contributed by atoms with Gasteiger partial charge in [0.15, 0.2) is 0 Å². The van der Waals surface area contributed by atoms with Gasteiger partial charge in [-0.1, -0.05) is 30.3 Å². The highest BCUT2D eigenvalue weighted by molar-refractivity contribution is 5.84. The molecule has 2 aromatic rings. The van der Waals surface area contributed by atoms with Gasteiger partial charge in [0.1, 0.15) is 24.0 Å². The lowest BCUT2D eigenvalue weighted by molar-refractivity contribution is -0.119. The molecule has 1 saturated heterocycles. The van der Waals surface area contributed by atoms with Crippen molar-refractivity contribution in [1.29, 1.82) is 0 Å². The van der Waals surface area contributed by atoms with Gasteiger partial charge in [0.2, 0.25) is 5.91 Å². The second-order valence-electron chi connectivity index (χ2n) is 5.68. The van der Waals surface area contributed by atoms with Crippen molar-refractivity contribution >= 4 is 17.5 Å². The summed E-state index contributed by atoms with van der Waals surface area (Å²) < 4.78 is 0. The lowest BCUT2D eigenvalue weighted by atomic mass is 10.1. The molecule has 6 heteroatoms. The van der Waals surface area contributed by atoms with Crippen LogP contribution in [0.4, 0.5) is 11.6 Å². The average molecular weight is 311 g/mol. The van der Waals surface area contributed by atoms with Gasteiger partial charge < -0.3 is 16.0 Å². The molecule has 1 aliphatic heterocycles. The Hall–Kier alpha value is -2.63. The molecule has 3 rings (SSSR count). The highest BCUT2D eigenvalue weighted by atomic mass is 16.1. The van der Waals surface area contributed by atoms with Crippen molar-refractivity contribution in [1.82, 2.24) is 9.97 Å². The normalized spacial score (nSPS) is 17.2. The van der Waals surface area contributed by atoms with E-state index in [0.717, 1.165) is 44.0 Å². The molecule has 1 amide bonds. The number of aromatic nitrogens is 2. The Morgan fingerprint density at radius 1 is 1.30 bits per heavy atom. The lowest BCUT2D eigenvalue weighted by Gasteiger charge is -2.23. The summed E-state index contributed by atoms with van der Waals surface area (Å²) in [5.41, 5.74) is 6.75. The van der Waals surface area contributed by atoms with E-state index < -0.39 is 0 Å². The highest BCUT2D eigenvalue weighted by Crippen LogP contribution is 2.24. The topological polar surface area (TPSA) is 84.1 Å². The van der Waals surface area contributed by atoms with Crippen molar-refractivity contribution in [3.05, 3.63) is 48.3 Å². The van der Waals surface area contributed by atoms with Crippen molar-refractivity contribution in [2.45, 2.75) is 25.3 Å². The first-order chi connectivity index (χ1) is 11.2. The summed E-state index contributed by atoms with van der Waals surface area (Å²) in [4.78, 5) is 22.0. The van der Waals surface area contributed by atoms with Gasteiger partial charge >= 0.3 is 0 Å². The number of carbonyl (C=O) groups excluding carboxylic acids is 1. The van der Waals surface area contributed by atoms with Crippen LogP contribution in [0.25, 0.3) is 0 Å². The van der Waals surface area contributed by atoms with Crippen LogP contribution in [0.2, 0.25) is 0 Å². The molecule has 3 N–H and O–H groups in total. The fourth-order valence-corrected chi connectivity index (χ4v) is 2.92. The number of benzene rings is 1. The first-order valence-corrected chi connectivity index (χ1v) is 7.90. The van der Waals surface area contributed by atoms with E-state index in [0.29, 0.717) is 0 Å². The molecular formula is C17H21N5O. The van der Waals surface area contributed by atoms with Gasteiger partial charge in [-0.25, -0.2) is 9.97 Å². The maximum atomic E-state index is 11.5. The van der Waals surface area contributed by atoms with Crippen molar-refractivity contribution < 1.29 is 4.79 Å². The van der Waals surface area contributed by atoms with E-state index in [9.17, 15) is 4.79 Å². The second-order valence-corrected chi connectivity index (χ2v) is 5.68. The maximum absolute atomic E-state index is 11.5. The standard InChI is InChI=1S/C17H21N5O/c18-17(23)14-7-4-10-22(14)16-11-15(20-12-21-16)19-9-8-13-5-2-1-3-6-13/h1-3,5-6,11-12,14H,4,7-10H2,(H2,18,23)(H,19,20,21)/t14-/m0/s1. The molecular weight excluding hydrogens is 290 g/mol. The predicted molar refractivity (Wildman–Crippen MR) is 90.2 cm³/mol. The molecule has 1 aromatic carbocycles. The van der Waals surface area contributed by atoms with E-state index in [1.54, 1.807) is 0 Å². The van der Waals surface area contributed by atoms with Gasteiger partial charge in [0.05, 0.1) is 0 Å². The Bertz CT molecular complexity index is 661. The van der Waals surface area contributed by atoms with Crippen LogP contribution < -0.4 is 16.0 Å². The molecule has 0 bridgehead atoms. The number of hydrogen-bond acceptors (Lipinski definition) is 5. The Morgan fingerprint density at radius 2 is 2.13 bits per heavy atom. The van der Waals surface area contributed by atoms with Crippen LogP contribution in [-0.2, 0) is 11.2 Å². The largest absolute Gasteiger partial charge is 0.370 e. The molecule has 0 aliphatic carbocycles. The SMILES string of the molecule is NC(=O)[C@@H]1CCCN1c1cc(NCCc2ccccc2)ncn1. The average Bonchev–Trinajstić information content (AvgIpc) is 3.06. The van der Waals surface area contributed by atoms with Gasteiger partial charge in [0.25, 0.3) is 0 Å². The number of rotatable bonds is 6. The van der Waals surface area contributed by atoms with Crippen molar-refractivity contribution in [2.75, 3.05) is 23.3 Å². The summed E-state index contributed by atoms with van der Waals surface area (Å²) in [6.07, 6.45) is 4.19. The number of amides is 1. The van der Waals surface area contributed by atoms with E-state index in [4.69, 9.17) is 5.73 Å². The fourth-order valence-electron chi connectivity index (χ4n) is 2.92. The minimum Gasteiger partial charge on any atom is -0.370 e. The van der Waals surface area contributed by atoms with Crippen LogP contribution in [0.3, 0.4) is 0 Å². The Balaban J connectivity index is 1.62. The van der Waals surface area contributed by atoms with Gasteiger partial charge in [-0.15, -0.1) is 0 Å². The molecule has 1 aromatic heterocycles. The smallest absolute Gasteiger partial charge is 0.240 e. The Kier molecular flexibility index (Phi) is 4.71. The van der Waals surface area contributed by atoms with Gasteiger partial charge in [0, 0.05) is 19.2 Å². The molecule has 1 fully saturated rings. The Morgan fingerprint density at radius 3 is 2.91 bits per heavy atom. The summed E-state index contributed by atoms with van der Waals surface area (Å²) in [7, 11) is 0. The number of primary amides is 1. The number of anilines is 2. The molecule has 1 aliphatic rings. The summed E-state index contributed by atoms with van der Waals surface area (Å²) in [6.45, 7) is 1.59. The summed E-state index contributed by atoms with van der Waals surface area (Å²) in [6, 6.07) is 11.9. The third-order valence-electron chi connectivity index (χ3n) is 4.09. The molecule has 0 unspecified atom stereocenters. The number of nitrogens with zero attached hydrogens (tertiary/aromatic N) is 3. The van der Waals surface area contributed by atoms with Gasteiger partial charge in [-0.3, -0.25) is 4.79 Å². The van der Waals surface area contributed by atoms with Crippen LogP contribution in [-0.4, -0.2) is 35.0 Å². The lowest BCUT2D eigenvalue weighted by Crippen LogP contribution is -2.40. The van der Waals surface area contributed by atoms with Crippen molar-refractivity contribution in [3.63, 3.8) is 0 Å². The fraction of sp³-hybridized carbons (Fsp3) is 0.353. The molecule has 1 atom stereocenters. The molecule has 0 saturated carbocycles. The van der Waals surface area contributed by atoms with E-state index in [-0.39, 0.29) is 11.9 Å². The molecule has 120 valence electrons. The van der Waals surface area contributed by atoms with Crippen molar-refractivity contribution in [2.24, 2.45) is 5.73 Å². The zero-order valence-corrected chi connectivity index (χ0v) is 13.0. The van der Waals surface area contributed by atoms with Gasteiger partial charge in [-0.2, -0.15) is 0 Å². The predicted octanol–water partition coefficient (Wildman–Crippen LogP) is 1.59. The number of carbonyl (C=O) groups is 1. The maximum Gasteiger partial charge on any atom is 0.240 e. The van der Waals surface area contributed by atoms with Crippen LogP contribution >= 0.6 is 0 Å². The third kappa shape index (κ3) is 3.77. The zero-order valence-electron chi connectivity index (χ0n) is 13.0. The monoisotopic (exact) mass is 311 g/mol. The van der Waals surface area contributed by atoms with Crippen LogP contribution in [0, 0.1) is 0 Å².